The van der Waals surface area contributed by atoms with E-state index >= 15 is 0 Å². The fourth-order valence-corrected chi connectivity index (χ4v) is 2.94. The van der Waals surface area contributed by atoms with E-state index in [0.717, 1.165) is 27.6 Å². The molecule has 0 spiro atoms. The highest BCUT2D eigenvalue weighted by Gasteiger charge is 2.06. The number of nitrogen functional groups attached to an aromatic ring is 1. The van der Waals surface area contributed by atoms with E-state index in [1.165, 1.54) is 0 Å². The van der Waals surface area contributed by atoms with Gasteiger partial charge in [0.2, 0.25) is 0 Å². The van der Waals surface area contributed by atoms with E-state index in [1.54, 1.807) is 17.8 Å². The summed E-state index contributed by atoms with van der Waals surface area (Å²) in [6.07, 6.45) is 0. The number of ether oxygens (including phenoxy) is 1. The van der Waals surface area contributed by atoms with E-state index in [2.05, 4.69) is 6.07 Å². The monoisotopic (exact) mass is 293 g/mol. The maximum absolute atomic E-state index is 5.99. The SMILES string of the molecule is CCOc1ccccc1CSc1cc(Cl)ccc1N. The lowest BCUT2D eigenvalue weighted by Gasteiger charge is -2.10. The van der Waals surface area contributed by atoms with Crippen molar-refractivity contribution in [3.8, 4) is 5.75 Å². The first-order chi connectivity index (χ1) is 9.20. The van der Waals surface area contributed by atoms with E-state index in [1.807, 2.05) is 37.3 Å². The number of anilines is 1. The quantitative estimate of drug-likeness (QED) is 0.646. The largest absolute Gasteiger partial charge is 0.494 e. The van der Waals surface area contributed by atoms with Gasteiger partial charge in [-0.1, -0.05) is 29.8 Å². The Morgan fingerprint density at radius 3 is 2.79 bits per heavy atom. The highest BCUT2D eigenvalue weighted by molar-refractivity contribution is 7.98. The number of hydrogen-bond acceptors (Lipinski definition) is 3. The van der Waals surface area contributed by atoms with Crippen molar-refractivity contribution in [2.75, 3.05) is 12.3 Å². The summed E-state index contributed by atoms with van der Waals surface area (Å²) in [7, 11) is 0. The Balaban J connectivity index is 2.12. The number of thioether (sulfide) groups is 1. The maximum atomic E-state index is 5.99. The van der Waals surface area contributed by atoms with Crippen LogP contribution in [-0.4, -0.2) is 6.61 Å². The molecule has 0 bridgehead atoms. The third kappa shape index (κ3) is 3.82. The second-order valence-corrected chi connectivity index (χ2v) is 5.47. The Morgan fingerprint density at radius 1 is 1.21 bits per heavy atom. The van der Waals surface area contributed by atoms with Crippen LogP contribution in [0.3, 0.4) is 0 Å². The molecule has 0 unspecified atom stereocenters. The lowest BCUT2D eigenvalue weighted by atomic mass is 10.2. The highest BCUT2D eigenvalue weighted by Crippen LogP contribution is 2.32. The molecule has 0 atom stereocenters. The minimum atomic E-state index is 0.668. The van der Waals surface area contributed by atoms with Crippen molar-refractivity contribution in [1.82, 2.24) is 0 Å². The zero-order valence-corrected chi connectivity index (χ0v) is 12.3. The van der Waals surface area contributed by atoms with Crippen LogP contribution in [0.15, 0.2) is 47.4 Å². The number of rotatable bonds is 5. The molecule has 4 heteroatoms. The number of halogens is 1. The zero-order chi connectivity index (χ0) is 13.7. The maximum Gasteiger partial charge on any atom is 0.123 e. The third-order valence-corrected chi connectivity index (χ3v) is 3.99. The van der Waals surface area contributed by atoms with Gasteiger partial charge >= 0.3 is 0 Å². The third-order valence-electron chi connectivity index (χ3n) is 2.63. The van der Waals surface area contributed by atoms with Crippen molar-refractivity contribution in [2.45, 2.75) is 17.6 Å². The van der Waals surface area contributed by atoms with E-state index < -0.39 is 0 Å². The molecule has 2 nitrogen and oxygen atoms in total. The van der Waals surface area contributed by atoms with Gasteiger partial charge in [-0.15, -0.1) is 11.8 Å². The van der Waals surface area contributed by atoms with E-state index in [-0.39, 0.29) is 0 Å². The average Bonchev–Trinajstić information content (AvgIpc) is 2.42. The van der Waals surface area contributed by atoms with Crippen LogP contribution in [0.4, 0.5) is 5.69 Å². The Kier molecular flexibility index (Phi) is 5.00. The summed E-state index contributed by atoms with van der Waals surface area (Å²) in [5.74, 6) is 1.74. The highest BCUT2D eigenvalue weighted by atomic mass is 35.5. The summed E-state index contributed by atoms with van der Waals surface area (Å²) < 4.78 is 5.61. The van der Waals surface area contributed by atoms with Crippen LogP contribution in [0.5, 0.6) is 5.75 Å². The van der Waals surface area contributed by atoms with Crippen LogP contribution in [-0.2, 0) is 5.75 Å². The molecule has 0 amide bonds. The molecule has 0 radical (unpaired) electrons. The van der Waals surface area contributed by atoms with Crippen LogP contribution in [0.25, 0.3) is 0 Å². The average molecular weight is 294 g/mol. The molecule has 100 valence electrons. The second-order valence-electron chi connectivity index (χ2n) is 4.01. The normalized spacial score (nSPS) is 10.4. The van der Waals surface area contributed by atoms with Gasteiger partial charge in [0, 0.05) is 26.9 Å². The molecule has 0 aromatic heterocycles. The molecule has 0 saturated carbocycles. The van der Waals surface area contributed by atoms with Crippen LogP contribution in [0.2, 0.25) is 5.02 Å². The summed E-state index contributed by atoms with van der Waals surface area (Å²) >= 11 is 7.65. The van der Waals surface area contributed by atoms with Crippen molar-refractivity contribution in [3.63, 3.8) is 0 Å². The molecule has 0 heterocycles. The van der Waals surface area contributed by atoms with E-state index in [4.69, 9.17) is 22.1 Å². The van der Waals surface area contributed by atoms with Gasteiger partial charge in [-0.25, -0.2) is 0 Å². The van der Waals surface area contributed by atoms with Crippen molar-refractivity contribution in [1.29, 1.82) is 0 Å². The summed E-state index contributed by atoms with van der Waals surface area (Å²) in [6, 6.07) is 13.6. The number of hydrogen-bond donors (Lipinski definition) is 1. The van der Waals surface area contributed by atoms with Crippen LogP contribution < -0.4 is 10.5 Å². The van der Waals surface area contributed by atoms with E-state index in [9.17, 15) is 0 Å². The Bertz CT molecular complexity index is 560. The molecule has 2 aromatic carbocycles. The van der Waals surface area contributed by atoms with Crippen molar-refractivity contribution in [3.05, 3.63) is 53.1 Å². The standard InChI is InChI=1S/C15H16ClNOS/c1-2-18-14-6-4-3-5-11(14)10-19-15-9-12(16)7-8-13(15)17/h3-9H,2,10,17H2,1H3. The molecular weight excluding hydrogens is 278 g/mol. The number of nitrogens with two attached hydrogens (primary N) is 1. The first-order valence-corrected chi connectivity index (χ1v) is 7.45. The van der Waals surface area contributed by atoms with Crippen molar-refractivity contribution in [2.24, 2.45) is 0 Å². The molecule has 0 aliphatic rings. The number of para-hydroxylation sites is 1. The predicted octanol–water partition coefficient (Wildman–Crippen LogP) is 4.61. The summed E-state index contributed by atoms with van der Waals surface area (Å²) in [5, 5.41) is 0.704. The molecule has 2 aromatic rings. The van der Waals surface area contributed by atoms with Gasteiger partial charge in [0.1, 0.15) is 5.75 Å². The molecule has 19 heavy (non-hydrogen) atoms. The zero-order valence-electron chi connectivity index (χ0n) is 10.7. The van der Waals surface area contributed by atoms with Crippen LogP contribution in [0, 0.1) is 0 Å². The molecule has 0 saturated heterocycles. The van der Waals surface area contributed by atoms with Gasteiger partial charge in [0.25, 0.3) is 0 Å². The summed E-state index contributed by atoms with van der Waals surface area (Å²) in [4.78, 5) is 0.999. The molecule has 0 aliphatic carbocycles. The van der Waals surface area contributed by atoms with Crippen LogP contribution in [0.1, 0.15) is 12.5 Å². The molecule has 2 rings (SSSR count). The first-order valence-electron chi connectivity index (χ1n) is 6.09. The second kappa shape index (κ2) is 6.73. The minimum absolute atomic E-state index is 0.668. The summed E-state index contributed by atoms with van der Waals surface area (Å²) in [6.45, 7) is 2.65. The minimum Gasteiger partial charge on any atom is -0.494 e. The van der Waals surface area contributed by atoms with Gasteiger partial charge in [-0.3, -0.25) is 0 Å². The first kappa shape index (κ1) is 14.1. The van der Waals surface area contributed by atoms with Crippen molar-refractivity contribution >= 4 is 29.1 Å². The molecule has 0 fully saturated rings. The van der Waals surface area contributed by atoms with Gasteiger partial charge in [0.05, 0.1) is 6.61 Å². The molecule has 2 N–H and O–H groups in total. The van der Waals surface area contributed by atoms with Gasteiger partial charge in [-0.05, 0) is 31.2 Å². The Labute approximate surface area is 122 Å². The van der Waals surface area contributed by atoms with Gasteiger partial charge < -0.3 is 10.5 Å². The Morgan fingerprint density at radius 2 is 2.00 bits per heavy atom. The lowest BCUT2D eigenvalue weighted by Crippen LogP contribution is -1.95. The fraction of sp³-hybridized carbons (Fsp3) is 0.200. The van der Waals surface area contributed by atoms with Crippen LogP contribution >= 0.6 is 23.4 Å². The summed E-state index contributed by atoms with van der Waals surface area (Å²) in [5.41, 5.74) is 7.85. The van der Waals surface area contributed by atoms with Crippen molar-refractivity contribution < 1.29 is 4.74 Å². The molecule has 0 aliphatic heterocycles. The fourth-order valence-electron chi connectivity index (χ4n) is 1.71. The molecular formula is C15H16ClNOS. The van der Waals surface area contributed by atoms with Gasteiger partial charge in [-0.2, -0.15) is 0 Å². The number of benzene rings is 2. The predicted molar refractivity (Wildman–Crippen MR) is 83.0 cm³/mol. The lowest BCUT2D eigenvalue weighted by molar-refractivity contribution is 0.337. The topological polar surface area (TPSA) is 35.2 Å². The van der Waals surface area contributed by atoms with E-state index in [0.29, 0.717) is 11.6 Å². The Hall–Kier alpha value is -1.32. The smallest absolute Gasteiger partial charge is 0.123 e. The van der Waals surface area contributed by atoms with Gasteiger partial charge in [0.15, 0.2) is 0 Å².